The Bertz CT molecular complexity index is 1400. The minimum Gasteiger partial charge on any atom is -0.493 e. The molecule has 2 aromatic carbocycles. The summed E-state index contributed by atoms with van der Waals surface area (Å²) in [5.41, 5.74) is 3.32. The van der Waals surface area contributed by atoms with Crippen molar-refractivity contribution in [3.63, 3.8) is 0 Å². The highest BCUT2D eigenvalue weighted by Gasteiger charge is 2.18. The van der Waals surface area contributed by atoms with Gasteiger partial charge in [-0.3, -0.25) is 14.9 Å². The van der Waals surface area contributed by atoms with Crippen molar-refractivity contribution in [2.24, 2.45) is 0 Å². The molecule has 0 atom stereocenters. The zero-order valence-corrected chi connectivity index (χ0v) is 19.7. The van der Waals surface area contributed by atoms with Crippen LogP contribution in [0.25, 0.3) is 22.3 Å². The molecule has 2 bridgehead atoms. The number of amides is 2. The number of aromatic nitrogens is 3. The summed E-state index contributed by atoms with van der Waals surface area (Å²) in [6.45, 7) is 1.27. The maximum atomic E-state index is 13.4. The quantitative estimate of drug-likeness (QED) is 0.382. The van der Waals surface area contributed by atoms with E-state index in [-0.39, 0.29) is 17.6 Å². The molecule has 1 aliphatic heterocycles. The predicted molar refractivity (Wildman–Crippen MR) is 136 cm³/mol. The fourth-order valence-electron chi connectivity index (χ4n) is 4.15. The molecule has 0 unspecified atom stereocenters. The van der Waals surface area contributed by atoms with E-state index < -0.39 is 5.91 Å². The number of pyridine rings is 1. The van der Waals surface area contributed by atoms with Crippen LogP contribution in [0.5, 0.6) is 5.75 Å². The number of fused-ring (bicyclic) bond motifs is 7. The SMILES string of the molecule is O=C(CCl)Nc1cc2cc(n1)-c1ccccc1OCCCCCn1c(nc3ccccc31)NC2=O. The number of carbonyl (C=O) groups excluding carboxylic acids is 2. The normalized spacial score (nSPS) is 14.0. The first-order valence-corrected chi connectivity index (χ1v) is 12.0. The van der Waals surface area contributed by atoms with E-state index in [0.717, 1.165) is 35.9 Å². The number of aryl methyl sites for hydroxylation is 1. The van der Waals surface area contributed by atoms with Crippen molar-refractivity contribution in [1.29, 1.82) is 0 Å². The number of ether oxygens (including phenoxy) is 1. The lowest BCUT2D eigenvalue weighted by molar-refractivity contribution is -0.113. The second kappa shape index (κ2) is 10.1. The van der Waals surface area contributed by atoms with Crippen molar-refractivity contribution in [2.45, 2.75) is 25.8 Å². The van der Waals surface area contributed by atoms with Gasteiger partial charge in [0.05, 0.1) is 23.3 Å². The van der Waals surface area contributed by atoms with Crippen LogP contribution in [0.2, 0.25) is 0 Å². The second-order valence-electron chi connectivity index (χ2n) is 8.24. The average Bonchev–Trinajstić information content (AvgIpc) is 3.22. The smallest absolute Gasteiger partial charge is 0.258 e. The number of halogens is 1. The average molecular weight is 490 g/mol. The van der Waals surface area contributed by atoms with Crippen molar-refractivity contribution in [1.82, 2.24) is 14.5 Å². The van der Waals surface area contributed by atoms with Gasteiger partial charge in [-0.2, -0.15) is 0 Å². The Kier molecular flexibility index (Phi) is 6.63. The van der Waals surface area contributed by atoms with Crippen LogP contribution in [0.3, 0.4) is 0 Å². The largest absolute Gasteiger partial charge is 0.493 e. The highest BCUT2D eigenvalue weighted by atomic mass is 35.5. The van der Waals surface area contributed by atoms with Crippen molar-refractivity contribution in [3.8, 4) is 17.0 Å². The molecule has 0 saturated carbocycles. The number of imidazole rings is 1. The van der Waals surface area contributed by atoms with Crippen LogP contribution in [0, 0.1) is 0 Å². The number of benzene rings is 2. The number of anilines is 2. The lowest BCUT2D eigenvalue weighted by Gasteiger charge is -2.13. The van der Waals surface area contributed by atoms with Crippen LogP contribution in [-0.2, 0) is 11.3 Å². The maximum absolute atomic E-state index is 13.4. The van der Waals surface area contributed by atoms with Gasteiger partial charge in [-0.15, -0.1) is 11.6 Å². The van der Waals surface area contributed by atoms with Crippen LogP contribution in [0.15, 0.2) is 60.7 Å². The Hall–Kier alpha value is -3.91. The molecule has 0 fully saturated rings. The third-order valence-corrected chi connectivity index (χ3v) is 6.05. The zero-order valence-electron chi connectivity index (χ0n) is 19.0. The molecule has 178 valence electrons. The summed E-state index contributed by atoms with van der Waals surface area (Å²) in [5.74, 6) is 0.371. The highest BCUT2D eigenvalue weighted by molar-refractivity contribution is 6.29. The lowest BCUT2D eigenvalue weighted by Crippen LogP contribution is -2.18. The van der Waals surface area contributed by atoms with Gasteiger partial charge in [0.1, 0.15) is 17.4 Å². The highest BCUT2D eigenvalue weighted by Crippen LogP contribution is 2.31. The second-order valence-corrected chi connectivity index (χ2v) is 8.51. The minimum atomic E-state index is -0.417. The summed E-state index contributed by atoms with van der Waals surface area (Å²) < 4.78 is 8.11. The number of alkyl halides is 1. The first kappa shape index (κ1) is 22.9. The van der Waals surface area contributed by atoms with Gasteiger partial charge < -0.3 is 14.6 Å². The lowest BCUT2D eigenvalue weighted by atomic mass is 10.1. The Labute approximate surface area is 207 Å². The van der Waals surface area contributed by atoms with E-state index in [2.05, 4.69) is 20.6 Å². The van der Waals surface area contributed by atoms with Crippen LogP contribution >= 0.6 is 11.6 Å². The number of rotatable bonds is 2. The number of nitrogens with one attached hydrogen (secondary N) is 2. The summed E-state index contributed by atoms with van der Waals surface area (Å²) in [6.07, 6.45) is 2.76. The fraction of sp³-hybridized carbons (Fsp3) is 0.231. The molecule has 2 aromatic heterocycles. The molecule has 1 aliphatic rings. The van der Waals surface area contributed by atoms with E-state index in [1.165, 1.54) is 6.07 Å². The molecule has 0 spiro atoms. The standard InChI is InChI=1S/C26H24ClN5O3/c27-16-24(33)30-23-15-17-14-20(28-23)18-8-2-5-11-22(18)35-13-7-1-6-12-32-21-10-4-3-9-19(21)29-26(32)31-25(17)34/h2-5,8-11,14-15H,1,6-7,12-13,16H2,(H,28,30,33)(H,29,31,34). The summed E-state index contributed by atoms with van der Waals surface area (Å²) in [7, 11) is 0. The zero-order chi connectivity index (χ0) is 24.2. The number of nitrogens with zero attached hydrogens (tertiary/aromatic N) is 3. The number of hydrogen-bond acceptors (Lipinski definition) is 5. The topological polar surface area (TPSA) is 98.1 Å². The van der Waals surface area contributed by atoms with E-state index >= 15 is 0 Å². The molecule has 9 heteroatoms. The molecule has 4 aromatic rings. The Morgan fingerprint density at radius 3 is 2.77 bits per heavy atom. The molecule has 3 heterocycles. The predicted octanol–water partition coefficient (Wildman–Crippen LogP) is 5.09. The summed E-state index contributed by atoms with van der Waals surface area (Å²) >= 11 is 5.68. The van der Waals surface area contributed by atoms with Crippen LogP contribution in [0.4, 0.5) is 11.8 Å². The van der Waals surface area contributed by atoms with Crippen molar-refractivity contribution >= 4 is 46.2 Å². The molecule has 2 amide bonds. The van der Waals surface area contributed by atoms with Gasteiger partial charge in [0.15, 0.2) is 0 Å². The van der Waals surface area contributed by atoms with E-state index in [4.69, 9.17) is 16.3 Å². The van der Waals surface area contributed by atoms with Gasteiger partial charge in [-0.05, 0) is 55.7 Å². The monoisotopic (exact) mass is 489 g/mol. The molecule has 2 N–H and O–H groups in total. The first-order chi connectivity index (χ1) is 17.1. The molecular formula is C26H24ClN5O3. The maximum Gasteiger partial charge on any atom is 0.258 e. The number of carbonyl (C=O) groups is 2. The van der Waals surface area contributed by atoms with E-state index in [9.17, 15) is 9.59 Å². The summed E-state index contributed by atoms with van der Waals surface area (Å²) in [5, 5.41) is 5.62. The Morgan fingerprint density at radius 1 is 1.06 bits per heavy atom. The third-order valence-electron chi connectivity index (χ3n) is 5.80. The van der Waals surface area contributed by atoms with Gasteiger partial charge in [-0.1, -0.05) is 24.3 Å². The number of para-hydroxylation sites is 3. The summed E-state index contributed by atoms with van der Waals surface area (Å²) in [4.78, 5) is 34.6. The molecule has 0 saturated heterocycles. The van der Waals surface area contributed by atoms with Crippen LogP contribution in [0.1, 0.15) is 29.6 Å². The van der Waals surface area contributed by atoms with E-state index in [0.29, 0.717) is 36.1 Å². The fourth-order valence-corrected chi connectivity index (χ4v) is 4.21. The van der Waals surface area contributed by atoms with Crippen LogP contribution in [-0.4, -0.2) is 38.8 Å². The molecule has 8 nitrogen and oxygen atoms in total. The molecule has 0 radical (unpaired) electrons. The minimum absolute atomic E-state index is 0.225. The van der Waals surface area contributed by atoms with Crippen molar-refractivity contribution in [2.75, 3.05) is 23.1 Å². The molecular weight excluding hydrogens is 466 g/mol. The van der Waals surface area contributed by atoms with Gasteiger partial charge in [0.2, 0.25) is 11.9 Å². The summed E-state index contributed by atoms with van der Waals surface area (Å²) in [6, 6.07) is 18.5. The first-order valence-electron chi connectivity index (χ1n) is 11.5. The third kappa shape index (κ3) is 4.97. The van der Waals surface area contributed by atoms with Gasteiger partial charge in [0.25, 0.3) is 5.91 Å². The molecule has 5 rings (SSSR count). The van der Waals surface area contributed by atoms with Crippen molar-refractivity contribution < 1.29 is 14.3 Å². The van der Waals surface area contributed by atoms with E-state index in [1.54, 1.807) is 6.07 Å². The van der Waals surface area contributed by atoms with Crippen molar-refractivity contribution in [3.05, 3.63) is 66.2 Å². The van der Waals surface area contributed by atoms with Gasteiger partial charge >= 0.3 is 0 Å². The Balaban J connectivity index is 1.61. The van der Waals surface area contributed by atoms with Gasteiger partial charge in [0, 0.05) is 17.7 Å². The molecule has 35 heavy (non-hydrogen) atoms. The van der Waals surface area contributed by atoms with E-state index in [1.807, 2.05) is 53.1 Å². The molecule has 0 aliphatic carbocycles. The van der Waals surface area contributed by atoms with Crippen LogP contribution < -0.4 is 15.4 Å². The Morgan fingerprint density at radius 2 is 1.89 bits per heavy atom. The number of hydrogen-bond donors (Lipinski definition) is 2. The van der Waals surface area contributed by atoms with Gasteiger partial charge in [-0.25, -0.2) is 9.97 Å².